The Kier molecular flexibility index (Phi) is 7.05. The van der Waals surface area contributed by atoms with E-state index in [1.165, 1.54) is 6.07 Å². The Balaban J connectivity index is 1.74. The molecule has 0 heterocycles. The first-order chi connectivity index (χ1) is 12.8. The van der Waals surface area contributed by atoms with Crippen molar-refractivity contribution in [1.29, 1.82) is 0 Å². The highest BCUT2D eigenvalue weighted by molar-refractivity contribution is 5.34. The van der Waals surface area contributed by atoms with Gasteiger partial charge in [-0.1, -0.05) is 44.5 Å². The van der Waals surface area contributed by atoms with E-state index in [1.807, 2.05) is 18.2 Å². The van der Waals surface area contributed by atoms with E-state index in [0.717, 1.165) is 43.2 Å². The number of nitrogens with zero attached hydrogens (tertiary/aromatic N) is 2. The van der Waals surface area contributed by atoms with E-state index in [-0.39, 0.29) is 26.6 Å². The summed E-state index contributed by atoms with van der Waals surface area (Å²) < 4.78 is 0. The number of benzene rings is 2. The largest absolute Gasteiger partial charge is 0.269 e. The van der Waals surface area contributed by atoms with Crippen molar-refractivity contribution in [1.82, 2.24) is 0 Å². The van der Waals surface area contributed by atoms with Gasteiger partial charge in [-0.05, 0) is 48.6 Å². The predicted octanol–water partition coefficient (Wildman–Crippen LogP) is 5.69. The molecule has 27 heavy (non-hydrogen) atoms. The highest BCUT2D eigenvalue weighted by atomic mass is 16.6. The summed E-state index contributed by atoms with van der Waals surface area (Å²) in [6, 6.07) is 13.5. The number of non-ortho nitro benzene ring substituents is 2. The van der Waals surface area contributed by atoms with Gasteiger partial charge in [0.15, 0.2) is 0 Å². The van der Waals surface area contributed by atoms with Gasteiger partial charge in [0.2, 0.25) is 0 Å². The van der Waals surface area contributed by atoms with Gasteiger partial charge < -0.3 is 0 Å². The van der Waals surface area contributed by atoms with Crippen molar-refractivity contribution in [3.8, 4) is 0 Å². The molecule has 0 aliphatic rings. The van der Waals surface area contributed by atoms with Crippen LogP contribution >= 0.6 is 0 Å². The molecule has 0 atom stereocenters. The number of nitro benzene ring substituents is 2. The van der Waals surface area contributed by atoms with Crippen LogP contribution in [0.2, 0.25) is 0 Å². The summed E-state index contributed by atoms with van der Waals surface area (Å²) in [5.74, 6) is 0. The van der Waals surface area contributed by atoms with Gasteiger partial charge in [0.1, 0.15) is 0 Å². The zero-order chi connectivity index (χ0) is 19.9. The van der Waals surface area contributed by atoms with Crippen LogP contribution in [0.1, 0.15) is 44.2 Å². The smallest absolute Gasteiger partial charge is 0.258 e. The van der Waals surface area contributed by atoms with Crippen molar-refractivity contribution in [2.24, 2.45) is 5.41 Å². The van der Waals surface area contributed by atoms with Crippen molar-refractivity contribution in [2.45, 2.75) is 46.0 Å². The lowest BCUT2D eigenvalue weighted by Gasteiger charge is -2.24. The van der Waals surface area contributed by atoms with E-state index in [4.69, 9.17) is 0 Å². The van der Waals surface area contributed by atoms with E-state index in [0.29, 0.717) is 0 Å². The molecule has 0 bridgehead atoms. The third-order valence-corrected chi connectivity index (χ3v) is 4.54. The summed E-state index contributed by atoms with van der Waals surface area (Å²) >= 11 is 0. The molecule has 0 amide bonds. The molecular formula is C21H25N2O4. The lowest BCUT2D eigenvalue weighted by molar-refractivity contribution is -0.385. The van der Waals surface area contributed by atoms with E-state index in [1.54, 1.807) is 24.3 Å². The fraction of sp³-hybridized carbons (Fsp3) is 0.381. The Morgan fingerprint density at radius 1 is 0.889 bits per heavy atom. The van der Waals surface area contributed by atoms with Crippen molar-refractivity contribution in [2.75, 3.05) is 0 Å². The minimum Gasteiger partial charge on any atom is -0.258 e. The molecule has 6 nitrogen and oxygen atoms in total. The Bertz CT molecular complexity index is 785. The Labute approximate surface area is 159 Å². The lowest BCUT2D eigenvalue weighted by Crippen LogP contribution is -2.15. The third kappa shape index (κ3) is 6.81. The molecule has 0 aliphatic heterocycles. The molecule has 0 spiro atoms. The van der Waals surface area contributed by atoms with E-state index < -0.39 is 0 Å². The monoisotopic (exact) mass is 369 g/mol. The van der Waals surface area contributed by atoms with Gasteiger partial charge >= 0.3 is 0 Å². The van der Waals surface area contributed by atoms with Crippen molar-refractivity contribution in [3.63, 3.8) is 0 Å². The minimum absolute atomic E-state index is 0.00165. The first kappa shape index (κ1) is 20.6. The van der Waals surface area contributed by atoms with Crippen molar-refractivity contribution in [3.05, 3.63) is 86.3 Å². The second-order valence-corrected chi connectivity index (χ2v) is 7.47. The maximum atomic E-state index is 10.8. The van der Waals surface area contributed by atoms with Crippen molar-refractivity contribution >= 4 is 11.4 Å². The maximum absolute atomic E-state index is 10.8. The normalized spacial score (nSPS) is 11.3. The van der Waals surface area contributed by atoms with Gasteiger partial charge in [-0.3, -0.25) is 20.2 Å². The fourth-order valence-corrected chi connectivity index (χ4v) is 3.13. The maximum Gasteiger partial charge on any atom is 0.269 e. The Hall–Kier alpha value is -2.76. The Morgan fingerprint density at radius 2 is 1.56 bits per heavy atom. The summed E-state index contributed by atoms with van der Waals surface area (Å²) in [6.45, 7) is 4.32. The molecule has 143 valence electrons. The zero-order valence-corrected chi connectivity index (χ0v) is 15.8. The summed E-state index contributed by atoms with van der Waals surface area (Å²) in [4.78, 5) is 20.8. The molecule has 1 radical (unpaired) electrons. The van der Waals surface area contributed by atoms with Gasteiger partial charge in [-0.25, -0.2) is 0 Å². The summed E-state index contributed by atoms with van der Waals surface area (Å²) in [5, 5.41) is 21.5. The van der Waals surface area contributed by atoms with Crippen LogP contribution < -0.4 is 0 Å². The second-order valence-electron chi connectivity index (χ2n) is 7.47. The molecule has 6 heteroatoms. The average Bonchev–Trinajstić information content (AvgIpc) is 2.61. The van der Waals surface area contributed by atoms with Crippen LogP contribution in [0.25, 0.3) is 0 Å². The molecule has 0 N–H and O–H groups in total. The van der Waals surface area contributed by atoms with Crippen LogP contribution in [0.15, 0.2) is 48.5 Å². The SMILES string of the molecule is CC(C)([CH]CCCCc1cccc([N+](=O)[O-])c1)Cc1ccc([N+](=O)[O-])cc1. The minimum atomic E-state index is -0.387. The second kappa shape index (κ2) is 9.26. The molecule has 2 rings (SSSR count). The highest BCUT2D eigenvalue weighted by Crippen LogP contribution is 2.28. The number of aryl methyl sites for hydroxylation is 1. The van der Waals surface area contributed by atoms with Crippen LogP contribution in [0, 0.1) is 32.1 Å². The molecule has 0 fully saturated rings. The van der Waals surface area contributed by atoms with Crippen molar-refractivity contribution < 1.29 is 9.85 Å². The average molecular weight is 369 g/mol. The number of hydrogen-bond donors (Lipinski definition) is 0. The molecule has 0 aromatic heterocycles. The predicted molar refractivity (Wildman–Crippen MR) is 106 cm³/mol. The van der Waals surface area contributed by atoms with Gasteiger partial charge in [0.25, 0.3) is 11.4 Å². The summed E-state index contributed by atoms with van der Waals surface area (Å²) in [7, 11) is 0. The fourth-order valence-electron chi connectivity index (χ4n) is 3.13. The summed E-state index contributed by atoms with van der Waals surface area (Å²) in [6.07, 6.45) is 6.92. The topological polar surface area (TPSA) is 86.3 Å². The molecule has 0 saturated heterocycles. The molecule has 0 aliphatic carbocycles. The van der Waals surface area contributed by atoms with Crippen LogP contribution in [0.4, 0.5) is 11.4 Å². The molecule has 2 aromatic rings. The van der Waals surface area contributed by atoms with E-state index in [2.05, 4.69) is 20.3 Å². The van der Waals surface area contributed by atoms with Crippen LogP contribution in [-0.4, -0.2) is 9.85 Å². The number of unbranched alkanes of at least 4 members (excludes halogenated alkanes) is 2. The van der Waals surface area contributed by atoms with Crippen LogP contribution in [0.3, 0.4) is 0 Å². The quantitative estimate of drug-likeness (QED) is 0.306. The number of hydrogen-bond acceptors (Lipinski definition) is 4. The van der Waals surface area contributed by atoms with E-state index >= 15 is 0 Å². The number of nitro groups is 2. The van der Waals surface area contributed by atoms with Crippen LogP contribution in [-0.2, 0) is 12.8 Å². The lowest BCUT2D eigenvalue weighted by atomic mass is 9.81. The standard InChI is InChI=1S/C21H25N2O4/c1-21(2,16-18-10-12-19(13-11-18)22(24)25)14-5-3-4-7-17-8-6-9-20(15-17)23(26)27/h6,8-15H,3-5,7,16H2,1-2H3. The number of rotatable bonds is 10. The molecule has 0 saturated carbocycles. The zero-order valence-electron chi connectivity index (χ0n) is 15.8. The third-order valence-electron chi connectivity index (χ3n) is 4.54. The Morgan fingerprint density at radius 3 is 2.19 bits per heavy atom. The van der Waals surface area contributed by atoms with E-state index in [9.17, 15) is 20.2 Å². The first-order valence-corrected chi connectivity index (χ1v) is 9.08. The van der Waals surface area contributed by atoms with Crippen LogP contribution in [0.5, 0.6) is 0 Å². The first-order valence-electron chi connectivity index (χ1n) is 9.08. The van der Waals surface area contributed by atoms with Gasteiger partial charge in [0, 0.05) is 24.3 Å². The molecular weight excluding hydrogens is 344 g/mol. The highest BCUT2D eigenvalue weighted by Gasteiger charge is 2.19. The molecule has 0 unspecified atom stereocenters. The van der Waals surface area contributed by atoms with Gasteiger partial charge in [-0.15, -0.1) is 0 Å². The van der Waals surface area contributed by atoms with Gasteiger partial charge in [0.05, 0.1) is 9.85 Å². The van der Waals surface area contributed by atoms with Gasteiger partial charge in [-0.2, -0.15) is 0 Å². The summed E-state index contributed by atoms with van der Waals surface area (Å²) in [5.41, 5.74) is 2.33. The molecule has 2 aromatic carbocycles.